The molecule has 2 aliphatic rings. The Hall–Kier alpha value is -2.43. The van der Waals surface area contributed by atoms with Gasteiger partial charge in [-0.15, -0.1) is 0 Å². The van der Waals surface area contributed by atoms with Gasteiger partial charge in [-0.3, -0.25) is 15.0 Å². The van der Waals surface area contributed by atoms with Crippen LogP contribution in [0.25, 0.3) is 0 Å². The van der Waals surface area contributed by atoms with Crippen molar-refractivity contribution < 1.29 is 9.59 Å². The summed E-state index contributed by atoms with van der Waals surface area (Å²) in [6, 6.07) is 9.48. The van der Waals surface area contributed by atoms with Crippen LogP contribution in [0.4, 0.5) is 5.69 Å². The van der Waals surface area contributed by atoms with Crippen LogP contribution in [0.15, 0.2) is 47.2 Å². The standard InChI is InChI=1S/C15H15N3O2/c1-15-11(9-16-17-15)13(19)8-12(14(15)20)18(2)10-6-4-3-5-7-10/h3-9,11,17H,1-2H3. The first-order valence-electron chi connectivity index (χ1n) is 6.43. The van der Waals surface area contributed by atoms with Gasteiger partial charge in [0.05, 0.1) is 11.6 Å². The number of anilines is 1. The molecule has 102 valence electrons. The lowest BCUT2D eigenvalue weighted by molar-refractivity contribution is -0.129. The molecule has 1 aromatic carbocycles. The Morgan fingerprint density at radius 3 is 2.65 bits per heavy atom. The summed E-state index contributed by atoms with van der Waals surface area (Å²) in [6.07, 6.45) is 2.93. The van der Waals surface area contributed by atoms with E-state index in [1.54, 1.807) is 18.9 Å². The van der Waals surface area contributed by atoms with E-state index < -0.39 is 11.5 Å². The molecule has 1 aromatic rings. The predicted octanol–water partition coefficient (Wildman–Crippen LogP) is 1.12. The van der Waals surface area contributed by atoms with E-state index in [4.69, 9.17) is 0 Å². The van der Waals surface area contributed by atoms with Crippen LogP contribution >= 0.6 is 0 Å². The van der Waals surface area contributed by atoms with Crippen LogP contribution in [0.1, 0.15) is 6.92 Å². The van der Waals surface area contributed by atoms with Crippen LogP contribution in [-0.2, 0) is 9.59 Å². The molecule has 0 spiro atoms. The maximum Gasteiger partial charge on any atom is 0.207 e. The van der Waals surface area contributed by atoms with Crippen molar-refractivity contribution >= 4 is 23.5 Å². The van der Waals surface area contributed by atoms with Crippen LogP contribution in [0.3, 0.4) is 0 Å². The number of carbonyl (C=O) groups excluding carboxylic acids is 2. The zero-order valence-corrected chi connectivity index (χ0v) is 11.3. The van der Waals surface area contributed by atoms with E-state index in [-0.39, 0.29) is 11.6 Å². The van der Waals surface area contributed by atoms with Gasteiger partial charge in [0.1, 0.15) is 5.54 Å². The molecule has 1 aliphatic heterocycles. The Balaban J connectivity index is 2.01. The lowest BCUT2D eigenvalue weighted by Crippen LogP contribution is -2.57. The number of ketones is 2. The minimum Gasteiger partial charge on any atom is -0.342 e. The van der Waals surface area contributed by atoms with E-state index in [1.165, 1.54) is 12.3 Å². The van der Waals surface area contributed by atoms with Gasteiger partial charge in [0.25, 0.3) is 0 Å². The number of nitrogens with one attached hydrogen (secondary N) is 1. The summed E-state index contributed by atoms with van der Waals surface area (Å²) in [6.45, 7) is 1.72. The molecule has 0 fully saturated rings. The molecule has 1 aliphatic carbocycles. The number of benzene rings is 1. The van der Waals surface area contributed by atoms with E-state index in [0.29, 0.717) is 5.70 Å². The lowest BCUT2D eigenvalue weighted by atomic mass is 9.76. The van der Waals surface area contributed by atoms with Crippen LogP contribution < -0.4 is 10.3 Å². The second-order valence-corrected chi connectivity index (χ2v) is 5.23. The number of likely N-dealkylation sites (N-methyl/N-ethyl adjacent to an activating group) is 1. The molecule has 0 saturated carbocycles. The fourth-order valence-corrected chi connectivity index (χ4v) is 2.61. The van der Waals surface area contributed by atoms with Gasteiger partial charge in [0, 0.05) is 25.0 Å². The third kappa shape index (κ3) is 1.66. The highest BCUT2D eigenvalue weighted by molar-refractivity contribution is 6.21. The number of hydrazone groups is 1. The number of rotatable bonds is 2. The smallest absolute Gasteiger partial charge is 0.207 e. The van der Waals surface area contributed by atoms with Gasteiger partial charge in [-0.1, -0.05) is 18.2 Å². The first-order chi connectivity index (χ1) is 9.54. The second-order valence-electron chi connectivity index (χ2n) is 5.23. The molecule has 3 rings (SSSR count). The third-order valence-corrected chi connectivity index (χ3v) is 3.94. The maximum atomic E-state index is 12.7. The summed E-state index contributed by atoms with van der Waals surface area (Å²) in [5, 5.41) is 3.90. The number of allylic oxidation sites excluding steroid dienone is 1. The molecular weight excluding hydrogens is 254 g/mol. The molecule has 20 heavy (non-hydrogen) atoms. The van der Waals surface area contributed by atoms with Crippen molar-refractivity contribution in [2.45, 2.75) is 12.5 Å². The lowest BCUT2D eigenvalue weighted by Gasteiger charge is -2.35. The minimum atomic E-state index is -0.968. The summed E-state index contributed by atoms with van der Waals surface area (Å²) in [7, 11) is 1.78. The fraction of sp³-hybridized carbons (Fsp3) is 0.267. The molecule has 0 aromatic heterocycles. The average molecular weight is 269 g/mol. The molecule has 5 nitrogen and oxygen atoms in total. The quantitative estimate of drug-likeness (QED) is 0.874. The van der Waals surface area contributed by atoms with Crippen molar-refractivity contribution in [2.24, 2.45) is 11.0 Å². The van der Waals surface area contributed by atoms with Gasteiger partial charge in [0.2, 0.25) is 5.78 Å². The number of fused-ring (bicyclic) bond motifs is 1. The van der Waals surface area contributed by atoms with Gasteiger partial charge in [0.15, 0.2) is 5.78 Å². The van der Waals surface area contributed by atoms with E-state index in [9.17, 15) is 9.59 Å². The SMILES string of the molecule is CN(C1=CC(=O)C2C=NNC2(C)C1=O)c1ccccc1. The largest absolute Gasteiger partial charge is 0.342 e. The zero-order valence-electron chi connectivity index (χ0n) is 11.3. The van der Waals surface area contributed by atoms with Crippen LogP contribution in [0.2, 0.25) is 0 Å². The molecule has 1 heterocycles. The summed E-state index contributed by atoms with van der Waals surface area (Å²) in [4.78, 5) is 26.6. The summed E-state index contributed by atoms with van der Waals surface area (Å²) in [5.41, 5.74) is 3.06. The van der Waals surface area contributed by atoms with Crippen molar-refractivity contribution in [2.75, 3.05) is 11.9 Å². The number of para-hydroxylation sites is 1. The fourth-order valence-electron chi connectivity index (χ4n) is 2.61. The average Bonchev–Trinajstić information content (AvgIpc) is 2.87. The van der Waals surface area contributed by atoms with Gasteiger partial charge in [-0.05, 0) is 19.1 Å². The highest BCUT2D eigenvalue weighted by atomic mass is 16.1. The molecule has 0 bridgehead atoms. The second kappa shape index (κ2) is 4.30. The molecular formula is C15H15N3O2. The van der Waals surface area contributed by atoms with Gasteiger partial charge in [-0.25, -0.2) is 0 Å². The Bertz CT molecular complexity index is 636. The van der Waals surface area contributed by atoms with Gasteiger partial charge < -0.3 is 4.90 Å². The molecule has 5 heteroatoms. The summed E-state index contributed by atoms with van der Waals surface area (Å²) >= 11 is 0. The molecule has 2 unspecified atom stereocenters. The van der Waals surface area contributed by atoms with Crippen LogP contribution in [-0.4, -0.2) is 30.4 Å². The van der Waals surface area contributed by atoms with E-state index in [0.717, 1.165) is 5.69 Å². The molecule has 2 atom stereocenters. The molecule has 0 saturated heterocycles. The van der Waals surface area contributed by atoms with Crippen LogP contribution in [0.5, 0.6) is 0 Å². The van der Waals surface area contributed by atoms with Crippen LogP contribution in [0, 0.1) is 5.92 Å². The predicted molar refractivity (Wildman–Crippen MR) is 76.5 cm³/mol. The Morgan fingerprint density at radius 1 is 1.25 bits per heavy atom. The van der Waals surface area contributed by atoms with Crippen molar-refractivity contribution in [3.05, 3.63) is 42.1 Å². The molecule has 0 radical (unpaired) electrons. The minimum absolute atomic E-state index is 0.0985. The van der Waals surface area contributed by atoms with Crippen molar-refractivity contribution in [1.29, 1.82) is 0 Å². The van der Waals surface area contributed by atoms with E-state index in [1.807, 2.05) is 30.3 Å². The number of nitrogens with zero attached hydrogens (tertiary/aromatic N) is 2. The summed E-state index contributed by atoms with van der Waals surface area (Å²) < 4.78 is 0. The normalized spacial score (nSPS) is 27.9. The summed E-state index contributed by atoms with van der Waals surface area (Å²) in [5.74, 6) is -0.729. The maximum absolute atomic E-state index is 12.7. The van der Waals surface area contributed by atoms with Crippen molar-refractivity contribution in [3.8, 4) is 0 Å². The van der Waals surface area contributed by atoms with E-state index in [2.05, 4.69) is 10.5 Å². The molecule has 1 N–H and O–H groups in total. The zero-order chi connectivity index (χ0) is 14.3. The van der Waals surface area contributed by atoms with Gasteiger partial charge >= 0.3 is 0 Å². The first kappa shape index (κ1) is 12.6. The topological polar surface area (TPSA) is 61.8 Å². The van der Waals surface area contributed by atoms with E-state index >= 15 is 0 Å². The Kier molecular flexibility index (Phi) is 2.71. The van der Waals surface area contributed by atoms with Crippen molar-refractivity contribution in [1.82, 2.24) is 5.43 Å². The monoisotopic (exact) mass is 269 g/mol. The third-order valence-electron chi connectivity index (χ3n) is 3.94. The number of carbonyl (C=O) groups is 2. The number of hydrogen-bond donors (Lipinski definition) is 1. The highest BCUT2D eigenvalue weighted by Crippen LogP contribution is 2.32. The van der Waals surface area contributed by atoms with Gasteiger partial charge in [-0.2, -0.15) is 5.10 Å². The Morgan fingerprint density at radius 2 is 1.95 bits per heavy atom. The Labute approximate surface area is 117 Å². The molecule has 0 amide bonds. The van der Waals surface area contributed by atoms with Crippen molar-refractivity contribution in [3.63, 3.8) is 0 Å². The number of hydrogen-bond acceptors (Lipinski definition) is 5. The highest BCUT2D eigenvalue weighted by Gasteiger charge is 2.51. The number of Topliss-reactive ketones (excluding diaryl/α,β-unsaturated/α-hetero) is 1. The first-order valence-corrected chi connectivity index (χ1v) is 6.43.